The highest BCUT2D eigenvalue weighted by molar-refractivity contribution is 5.98. The number of rotatable bonds is 17. The molecule has 11 nitrogen and oxygen atoms in total. The average Bonchev–Trinajstić information content (AvgIpc) is 3.94. The second-order valence-electron chi connectivity index (χ2n) is 13.6. The number of carbonyl (C=O) groups excluding carboxylic acids is 4. The summed E-state index contributed by atoms with van der Waals surface area (Å²) in [7, 11) is 0. The van der Waals surface area contributed by atoms with Gasteiger partial charge in [-0.25, -0.2) is 43.9 Å². The second kappa shape index (κ2) is 18.1. The van der Waals surface area contributed by atoms with Crippen LogP contribution < -0.4 is 16.0 Å². The third-order valence-electron chi connectivity index (χ3n) is 8.89. The van der Waals surface area contributed by atoms with Gasteiger partial charge in [0.05, 0.1) is 12.6 Å². The first kappa shape index (κ1) is 44.0. The van der Waals surface area contributed by atoms with Crippen molar-refractivity contribution < 1.29 is 67.8 Å². The highest BCUT2D eigenvalue weighted by Gasteiger charge is 2.50. The van der Waals surface area contributed by atoms with Gasteiger partial charge in [-0.05, 0) is 36.8 Å². The molecule has 1 fully saturated rings. The Bertz CT molecular complexity index is 2060. The minimum Gasteiger partial charge on any atom is -0.361 e. The van der Waals surface area contributed by atoms with Gasteiger partial charge in [0.2, 0.25) is 29.4 Å². The highest BCUT2D eigenvalue weighted by Crippen LogP contribution is 2.30. The molecular weight excluding hydrogens is 786 g/mol. The molecule has 3 aromatic carbocycles. The van der Waals surface area contributed by atoms with Crippen molar-refractivity contribution in [3.05, 3.63) is 116 Å². The van der Waals surface area contributed by atoms with Crippen LogP contribution in [-0.2, 0) is 43.2 Å². The number of nitrogens with zero attached hydrogens (tertiary/aromatic N) is 3. The van der Waals surface area contributed by atoms with Crippen molar-refractivity contribution in [1.29, 1.82) is 0 Å². The number of benzene rings is 3. The van der Waals surface area contributed by atoms with Crippen LogP contribution in [-0.4, -0.2) is 59.9 Å². The van der Waals surface area contributed by atoms with Crippen molar-refractivity contribution in [3.8, 4) is 0 Å². The molecule has 306 valence electrons. The molecule has 1 saturated heterocycles. The first-order valence-electron chi connectivity index (χ1n) is 16.9. The van der Waals surface area contributed by atoms with Gasteiger partial charge in [0.25, 0.3) is 0 Å². The van der Waals surface area contributed by atoms with Crippen LogP contribution in [0, 0.1) is 64.1 Å². The molecule has 0 aliphatic carbocycles. The fraction of sp³-hybridized carbons (Fsp3) is 0.389. The lowest BCUT2D eigenvalue weighted by Crippen LogP contribution is -2.58. The van der Waals surface area contributed by atoms with Crippen molar-refractivity contribution in [3.63, 3.8) is 0 Å². The van der Waals surface area contributed by atoms with Crippen LogP contribution >= 0.6 is 0 Å². The molecule has 1 heterocycles. The Kier molecular flexibility index (Phi) is 13.9. The standard InChI is InChI=1S/C36H32F10N6O5/c1-14(2)9-18(32(53)36(3)13-57-36)48-33(54)19(11-16-22(37)26(41)30(45)27(42)23(16)38)49-34(55)20(12-17-24(39)28(43)31(46)29(44)25(17)40)50-35(56)21(51-52-47)10-15-7-5-4-6-8-15/h4-8,14,18-21H,9-13H2,1-3H3,(H,48,54)(H,49,55)(H,50,56)/t18-,19-,20-,21-,36-/m0/s1. The van der Waals surface area contributed by atoms with Crippen LogP contribution in [0.1, 0.15) is 43.9 Å². The summed E-state index contributed by atoms with van der Waals surface area (Å²) in [5, 5.41) is 9.37. The van der Waals surface area contributed by atoms with E-state index in [0.29, 0.717) is 5.56 Å². The Balaban J connectivity index is 1.79. The lowest BCUT2D eigenvalue weighted by molar-refractivity contribution is -0.134. The molecule has 0 aromatic heterocycles. The number of epoxide rings is 1. The molecule has 0 spiro atoms. The molecule has 21 heteroatoms. The van der Waals surface area contributed by atoms with Gasteiger partial charge in [0.1, 0.15) is 23.7 Å². The molecule has 4 rings (SSSR count). The molecule has 1 aliphatic heterocycles. The Morgan fingerprint density at radius 2 is 1.05 bits per heavy atom. The molecule has 3 amide bonds. The summed E-state index contributed by atoms with van der Waals surface area (Å²) < 4.78 is 150. The van der Waals surface area contributed by atoms with E-state index in [-0.39, 0.29) is 25.4 Å². The van der Waals surface area contributed by atoms with Crippen LogP contribution in [0.2, 0.25) is 0 Å². The first-order valence-corrected chi connectivity index (χ1v) is 16.9. The Morgan fingerprint density at radius 3 is 1.44 bits per heavy atom. The van der Waals surface area contributed by atoms with E-state index in [9.17, 15) is 63.1 Å². The molecule has 57 heavy (non-hydrogen) atoms. The fourth-order valence-corrected chi connectivity index (χ4v) is 5.71. The summed E-state index contributed by atoms with van der Waals surface area (Å²) >= 11 is 0. The number of nitrogens with one attached hydrogen (secondary N) is 3. The van der Waals surface area contributed by atoms with E-state index in [2.05, 4.69) is 15.3 Å². The van der Waals surface area contributed by atoms with Crippen LogP contribution in [0.3, 0.4) is 0 Å². The molecular formula is C36H32F10N6O5. The maximum atomic E-state index is 14.9. The van der Waals surface area contributed by atoms with E-state index >= 15 is 0 Å². The normalized spacial score (nSPS) is 16.9. The fourth-order valence-electron chi connectivity index (χ4n) is 5.71. The van der Waals surface area contributed by atoms with Crippen LogP contribution in [0.4, 0.5) is 43.9 Å². The quantitative estimate of drug-likeness (QED) is 0.0305. The molecule has 0 radical (unpaired) electrons. The SMILES string of the molecule is CC(C)C[C@H](NC(=O)[C@H](Cc1c(F)c(F)c(F)c(F)c1F)NC(=O)[C@H](Cc1c(F)c(F)c(F)c(F)c1F)NC(=O)[C@H](Cc1ccccc1)N=[N+]=[N-])C(=O)[C@]1(C)CO1. The number of amides is 3. The van der Waals surface area contributed by atoms with Crippen LogP contribution in [0.15, 0.2) is 35.4 Å². The molecule has 1 aliphatic rings. The van der Waals surface area contributed by atoms with Gasteiger partial charge in [0, 0.05) is 28.9 Å². The smallest absolute Gasteiger partial charge is 0.243 e. The van der Waals surface area contributed by atoms with Crippen molar-refractivity contribution in [2.24, 2.45) is 11.0 Å². The second-order valence-corrected chi connectivity index (χ2v) is 13.6. The zero-order chi connectivity index (χ0) is 42.5. The third kappa shape index (κ3) is 10.0. The lowest BCUT2D eigenvalue weighted by atomic mass is 9.92. The predicted molar refractivity (Wildman–Crippen MR) is 178 cm³/mol. The third-order valence-corrected chi connectivity index (χ3v) is 8.89. The lowest BCUT2D eigenvalue weighted by Gasteiger charge is -2.27. The highest BCUT2D eigenvalue weighted by atomic mass is 19.2. The van der Waals surface area contributed by atoms with Gasteiger partial charge in [-0.3, -0.25) is 19.2 Å². The summed E-state index contributed by atoms with van der Waals surface area (Å²) in [6.07, 6.45) is -3.61. The van der Waals surface area contributed by atoms with Gasteiger partial charge >= 0.3 is 0 Å². The van der Waals surface area contributed by atoms with E-state index in [1.807, 2.05) is 10.6 Å². The monoisotopic (exact) mass is 818 g/mol. The molecule has 0 bridgehead atoms. The van der Waals surface area contributed by atoms with Gasteiger partial charge in [-0.15, -0.1) is 0 Å². The van der Waals surface area contributed by atoms with Crippen LogP contribution in [0.25, 0.3) is 10.4 Å². The van der Waals surface area contributed by atoms with E-state index in [1.54, 1.807) is 19.9 Å². The van der Waals surface area contributed by atoms with Gasteiger partial charge in [-0.2, -0.15) is 0 Å². The van der Waals surface area contributed by atoms with Gasteiger partial charge < -0.3 is 20.7 Å². The van der Waals surface area contributed by atoms with Gasteiger partial charge in [0.15, 0.2) is 52.3 Å². The largest absolute Gasteiger partial charge is 0.361 e. The summed E-state index contributed by atoms with van der Waals surface area (Å²) in [6, 6.07) is -0.456. The zero-order valence-electron chi connectivity index (χ0n) is 30.0. The Hall–Kier alpha value is -5.69. The summed E-state index contributed by atoms with van der Waals surface area (Å²) in [5.41, 5.74) is 4.79. The summed E-state index contributed by atoms with van der Waals surface area (Å²) in [5.74, 6) is -30.4. The van der Waals surface area contributed by atoms with E-state index in [4.69, 9.17) is 10.3 Å². The molecule has 3 aromatic rings. The average molecular weight is 819 g/mol. The Labute approximate surface area is 316 Å². The number of ether oxygens (including phenoxy) is 1. The minimum absolute atomic E-state index is 0.0683. The number of azide groups is 1. The number of carbonyl (C=O) groups is 4. The van der Waals surface area contributed by atoms with Crippen molar-refractivity contribution in [1.82, 2.24) is 16.0 Å². The molecule has 0 unspecified atom stereocenters. The number of Topliss-reactive ketones (excluding diaryl/α,β-unsaturated/α-hetero) is 1. The molecule has 5 atom stereocenters. The molecule has 3 N–H and O–H groups in total. The van der Waals surface area contributed by atoms with E-state index < -0.39 is 135 Å². The number of halogens is 10. The van der Waals surface area contributed by atoms with Crippen molar-refractivity contribution in [2.45, 2.75) is 76.2 Å². The van der Waals surface area contributed by atoms with Crippen LogP contribution in [0.5, 0.6) is 0 Å². The number of hydrogen-bond donors (Lipinski definition) is 3. The number of ketones is 1. The molecule has 0 saturated carbocycles. The topological polar surface area (TPSA) is 166 Å². The van der Waals surface area contributed by atoms with Gasteiger partial charge in [-0.1, -0.05) is 49.3 Å². The van der Waals surface area contributed by atoms with Crippen molar-refractivity contribution in [2.75, 3.05) is 6.61 Å². The summed E-state index contributed by atoms with van der Waals surface area (Å²) in [4.78, 5) is 56.9. The maximum Gasteiger partial charge on any atom is 0.243 e. The maximum absolute atomic E-state index is 14.9. The zero-order valence-corrected chi connectivity index (χ0v) is 30.0. The van der Waals surface area contributed by atoms with E-state index in [0.717, 1.165) is 0 Å². The summed E-state index contributed by atoms with van der Waals surface area (Å²) in [6.45, 7) is 4.56. The predicted octanol–water partition coefficient (Wildman–Crippen LogP) is 5.64. The number of hydrogen-bond acceptors (Lipinski definition) is 6. The van der Waals surface area contributed by atoms with Crippen molar-refractivity contribution >= 4 is 23.5 Å². The minimum atomic E-state index is -2.58. The van der Waals surface area contributed by atoms with E-state index in [1.165, 1.54) is 31.2 Å². The first-order chi connectivity index (χ1) is 26.7. The Morgan fingerprint density at radius 1 is 0.667 bits per heavy atom.